The minimum Gasteiger partial charge on any atom is -0.497 e. The van der Waals surface area contributed by atoms with E-state index in [1.54, 1.807) is 18.2 Å². The van der Waals surface area contributed by atoms with E-state index in [1.807, 2.05) is 6.92 Å². The average Bonchev–Trinajstić information content (AvgIpc) is 2.34. The molecule has 1 atom stereocenters. The lowest BCUT2D eigenvalue weighted by Crippen LogP contribution is -2.20. The Morgan fingerprint density at radius 2 is 1.95 bits per heavy atom. The summed E-state index contributed by atoms with van der Waals surface area (Å²) in [6.07, 6.45) is -4.09. The lowest BCUT2D eigenvalue weighted by molar-refractivity contribution is -0.325. The zero-order valence-electron chi connectivity index (χ0n) is 11.4. The van der Waals surface area contributed by atoms with E-state index in [2.05, 4.69) is 4.74 Å². The molecule has 0 saturated heterocycles. The molecule has 1 unspecified atom stereocenters. The Morgan fingerprint density at radius 1 is 1.25 bits per heavy atom. The molecule has 1 aromatic carbocycles. The highest BCUT2D eigenvalue weighted by Gasteiger charge is 2.28. The summed E-state index contributed by atoms with van der Waals surface area (Å²) in [6, 6.07) is 5.06. The van der Waals surface area contributed by atoms with Gasteiger partial charge in [-0.15, -0.1) is 13.2 Å². The van der Waals surface area contributed by atoms with Crippen LogP contribution in [-0.2, 0) is 11.2 Å². The molecule has 1 rings (SSSR count). The summed E-state index contributed by atoms with van der Waals surface area (Å²) in [5.74, 6) is 1.01. The molecule has 0 aliphatic rings. The Hall–Kier alpha value is -1.47. The SMILES string of the molecule is COc1ccc(CC(C)N)c(OCCOC(F)(F)F)c1. The van der Waals surface area contributed by atoms with Crippen LogP contribution in [0.2, 0.25) is 0 Å². The Kier molecular flexibility index (Phi) is 6.09. The smallest absolute Gasteiger partial charge is 0.497 e. The van der Waals surface area contributed by atoms with Crippen LogP contribution in [0.4, 0.5) is 13.2 Å². The second-order valence-electron chi connectivity index (χ2n) is 4.30. The van der Waals surface area contributed by atoms with Crippen LogP contribution in [0.3, 0.4) is 0 Å². The molecular weight excluding hydrogens is 275 g/mol. The average molecular weight is 293 g/mol. The Balaban J connectivity index is 2.65. The number of hydrogen-bond acceptors (Lipinski definition) is 4. The number of rotatable bonds is 7. The molecule has 0 radical (unpaired) electrons. The third kappa shape index (κ3) is 6.12. The fourth-order valence-electron chi connectivity index (χ4n) is 1.62. The molecule has 0 aliphatic heterocycles. The quantitative estimate of drug-likeness (QED) is 0.785. The molecule has 0 saturated carbocycles. The maximum atomic E-state index is 11.8. The normalized spacial score (nSPS) is 13.1. The van der Waals surface area contributed by atoms with Crippen molar-refractivity contribution in [2.45, 2.75) is 25.7 Å². The molecule has 0 aliphatic carbocycles. The Labute approximate surface area is 115 Å². The highest BCUT2D eigenvalue weighted by Crippen LogP contribution is 2.26. The van der Waals surface area contributed by atoms with Gasteiger partial charge in [-0.25, -0.2) is 0 Å². The van der Waals surface area contributed by atoms with Crippen molar-refractivity contribution < 1.29 is 27.4 Å². The zero-order valence-corrected chi connectivity index (χ0v) is 11.4. The van der Waals surface area contributed by atoms with Gasteiger partial charge in [0.15, 0.2) is 0 Å². The Bertz CT molecular complexity index is 422. The van der Waals surface area contributed by atoms with Crippen LogP contribution in [0.15, 0.2) is 18.2 Å². The fraction of sp³-hybridized carbons (Fsp3) is 0.538. The highest BCUT2D eigenvalue weighted by atomic mass is 19.4. The van der Waals surface area contributed by atoms with Crippen molar-refractivity contribution in [1.29, 1.82) is 0 Å². The molecule has 0 amide bonds. The van der Waals surface area contributed by atoms with E-state index in [-0.39, 0.29) is 12.6 Å². The van der Waals surface area contributed by atoms with Crippen LogP contribution in [-0.4, -0.2) is 32.7 Å². The van der Waals surface area contributed by atoms with E-state index in [1.165, 1.54) is 7.11 Å². The second kappa shape index (κ2) is 7.35. The maximum Gasteiger partial charge on any atom is 0.522 e. The van der Waals surface area contributed by atoms with Crippen LogP contribution >= 0.6 is 0 Å². The predicted molar refractivity (Wildman–Crippen MR) is 67.8 cm³/mol. The third-order valence-corrected chi connectivity index (χ3v) is 2.42. The Morgan fingerprint density at radius 3 is 2.50 bits per heavy atom. The summed E-state index contributed by atoms with van der Waals surface area (Å²) in [5.41, 5.74) is 6.53. The van der Waals surface area contributed by atoms with Crippen molar-refractivity contribution >= 4 is 0 Å². The largest absolute Gasteiger partial charge is 0.522 e. The van der Waals surface area contributed by atoms with Crippen molar-refractivity contribution in [1.82, 2.24) is 0 Å². The summed E-state index contributed by atoms with van der Waals surface area (Å²) in [5, 5.41) is 0. The molecule has 0 heterocycles. The van der Waals surface area contributed by atoms with Crippen LogP contribution in [0, 0.1) is 0 Å². The third-order valence-electron chi connectivity index (χ3n) is 2.42. The summed E-state index contributed by atoms with van der Waals surface area (Å²) >= 11 is 0. The van der Waals surface area contributed by atoms with Gasteiger partial charge in [0, 0.05) is 12.1 Å². The van der Waals surface area contributed by atoms with Gasteiger partial charge in [0.2, 0.25) is 0 Å². The number of hydrogen-bond donors (Lipinski definition) is 1. The lowest BCUT2D eigenvalue weighted by Gasteiger charge is -2.15. The van der Waals surface area contributed by atoms with Crippen molar-refractivity contribution in [3.8, 4) is 11.5 Å². The van der Waals surface area contributed by atoms with Crippen LogP contribution < -0.4 is 15.2 Å². The van der Waals surface area contributed by atoms with Gasteiger partial charge in [0.25, 0.3) is 0 Å². The fourth-order valence-corrected chi connectivity index (χ4v) is 1.62. The van der Waals surface area contributed by atoms with Crippen LogP contribution in [0.1, 0.15) is 12.5 Å². The minimum atomic E-state index is -4.65. The van der Waals surface area contributed by atoms with Crippen molar-refractivity contribution in [2.24, 2.45) is 5.73 Å². The summed E-state index contributed by atoms with van der Waals surface area (Å²) in [7, 11) is 1.50. The van der Waals surface area contributed by atoms with Gasteiger partial charge in [-0.3, -0.25) is 4.74 Å². The molecule has 2 N–H and O–H groups in total. The van der Waals surface area contributed by atoms with E-state index in [9.17, 15) is 13.2 Å². The summed E-state index contributed by atoms with van der Waals surface area (Å²) in [6.45, 7) is 1.05. The molecular formula is C13H18F3NO3. The minimum absolute atomic E-state index is 0.0860. The van der Waals surface area contributed by atoms with Gasteiger partial charge in [-0.05, 0) is 25.0 Å². The highest BCUT2D eigenvalue weighted by molar-refractivity contribution is 5.41. The number of methoxy groups -OCH3 is 1. The lowest BCUT2D eigenvalue weighted by atomic mass is 10.1. The van der Waals surface area contributed by atoms with Crippen LogP contribution in [0.5, 0.6) is 11.5 Å². The second-order valence-corrected chi connectivity index (χ2v) is 4.30. The number of alkyl halides is 3. The molecule has 7 heteroatoms. The van der Waals surface area contributed by atoms with E-state index < -0.39 is 13.0 Å². The van der Waals surface area contributed by atoms with E-state index >= 15 is 0 Å². The molecule has 0 bridgehead atoms. The number of nitrogens with two attached hydrogens (primary N) is 1. The van der Waals surface area contributed by atoms with Gasteiger partial charge in [-0.2, -0.15) is 0 Å². The van der Waals surface area contributed by atoms with Gasteiger partial charge >= 0.3 is 6.36 Å². The summed E-state index contributed by atoms with van der Waals surface area (Å²) in [4.78, 5) is 0. The number of halogens is 3. The molecule has 114 valence electrons. The summed E-state index contributed by atoms with van der Waals surface area (Å²) < 4.78 is 49.5. The van der Waals surface area contributed by atoms with E-state index in [4.69, 9.17) is 15.2 Å². The van der Waals surface area contributed by atoms with Gasteiger partial charge in [-0.1, -0.05) is 6.07 Å². The molecule has 20 heavy (non-hydrogen) atoms. The first-order valence-corrected chi connectivity index (χ1v) is 6.08. The van der Waals surface area contributed by atoms with Crippen LogP contribution in [0.25, 0.3) is 0 Å². The van der Waals surface area contributed by atoms with Gasteiger partial charge in [0.05, 0.1) is 13.7 Å². The predicted octanol–water partition coefficient (Wildman–Crippen LogP) is 2.50. The standard InChI is InChI=1S/C13H18F3NO3/c1-9(17)7-10-3-4-11(18-2)8-12(10)19-5-6-20-13(14,15)16/h3-4,8-9H,5-7,17H2,1-2H3. The number of ether oxygens (including phenoxy) is 3. The van der Waals surface area contributed by atoms with Crippen molar-refractivity contribution in [3.05, 3.63) is 23.8 Å². The first-order valence-electron chi connectivity index (χ1n) is 6.08. The first kappa shape index (κ1) is 16.6. The zero-order chi connectivity index (χ0) is 15.2. The molecule has 1 aromatic rings. The van der Waals surface area contributed by atoms with E-state index in [0.717, 1.165) is 5.56 Å². The topological polar surface area (TPSA) is 53.7 Å². The van der Waals surface area contributed by atoms with Gasteiger partial charge in [0.1, 0.15) is 18.1 Å². The molecule has 0 fully saturated rings. The molecule has 4 nitrogen and oxygen atoms in total. The van der Waals surface area contributed by atoms with E-state index in [0.29, 0.717) is 17.9 Å². The number of benzene rings is 1. The molecule has 0 aromatic heterocycles. The van der Waals surface area contributed by atoms with Gasteiger partial charge < -0.3 is 15.2 Å². The monoisotopic (exact) mass is 293 g/mol. The maximum absolute atomic E-state index is 11.8. The van der Waals surface area contributed by atoms with Crippen molar-refractivity contribution in [2.75, 3.05) is 20.3 Å². The van der Waals surface area contributed by atoms with Crippen molar-refractivity contribution in [3.63, 3.8) is 0 Å². The molecule has 0 spiro atoms. The first-order chi connectivity index (χ1) is 9.31.